The van der Waals surface area contributed by atoms with Gasteiger partial charge in [0.2, 0.25) is 0 Å². The molecule has 2 amide bonds. The second kappa shape index (κ2) is 8.64. The van der Waals surface area contributed by atoms with Gasteiger partial charge in [0.1, 0.15) is 11.9 Å². The van der Waals surface area contributed by atoms with Crippen LogP contribution in [0.15, 0.2) is 48.7 Å². The van der Waals surface area contributed by atoms with E-state index < -0.39 is 12.0 Å². The molecule has 1 fully saturated rings. The molecule has 1 aromatic carbocycles. The van der Waals surface area contributed by atoms with Crippen LogP contribution in [-0.4, -0.2) is 54.0 Å². The van der Waals surface area contributed by atoms with Crippen LogP contribution < -0.4 is 10.6 Å². The summed E-state index contributed by atoms with van der Waals surface area (Å²) in [5.41, 5.74) is 6.87. The van der Waals surface area contributed by atoms with Crippen molar-refractivity contribution in [2.45, 2.75) is 19.6 Å². The topological polar surface area (TPSA) is 88.8 Å². The van der Waals surface area contributed by atoms with E-state index in [1.54, 1.807) is 30.2 Å². The molecular weight excluding hydrogens is 344 g/mol. The van der Waals surface area contributed by atoms with Gasteiger partial charge >= 0.3 is 0 Å². The number of hydrogen-bond acceptors (Lipinski definition) is 5. The van der Waals surface area contributed by atoms with Gasteiger partial charge in [0, 0.05) is 32.4 Å². The summed E-state index contributed by atoms with van der Waals surface area (Å²) in [7, 11) is 0. The third kappa shape index (κ3) is 4.62. The second-order valence-corrected chi connectivity index (χ2v) is 6.49. The maximum Gasteiger partial charge on any atom is 0.252 e. The van der Waals surface area contributed by atoms with Gasteiger partial charge in [-0.05, 0) is 24.6 Å². The Hall–Kier alpha value is -2.93. The maximum absolute atomic E-state index is 12.6. The van der Waals surface area contributed by atoms with Gasteiger partial charge in [-0.1, -0.05) is 30.3 Å². The van der Waals surface area contributed by atoms with E-state index in [1.807, 2.05) is 35.2 Å². The van der Waals surface area contributed by atoms with Gasteiger partial charge < -0.3 is 20.3 Å². The smallest absolute Gasteiger partial charge is 0.252 e. The Balaban J connectivity index is 1.54. The zero-order chi connectivity index (χ0) is 19.2. The zero-order valence-corrected chi connectivity index (χ0v) is 15.4. The number of nitrogens with two attached hydrogens (primary N) is 1. The first-order valence-electron chi connectivity index (χ1n) is 9.00. The molecule has 2 heterocycles. The molecule has 1 aliphatic heterocycles. The standard InChI is InChI=1S/C20H24N4O3/c1-15(27-14-16-6-3-2-4-7-16)20(26)24-12-10-23(11-13-24)19-17(18(21)25)8-5-9-22-19/h2-9,15H,10-14H2,1H3,(H2,21,25). The lowest BCUT2D eigenvalue weighted by Crippen LogP contribution is -2.52. The molecular formula is C20H24N4O3. The first kappa shape index (κ1) is 18.8. The normalized spacial score (nSPS) is 15.4. The summed E-state index contributed by atoms with van der Waals surface area (Å²) in [5, 5.41) is 0. The number of pyridine rings is 1. The van der Waals surface area contributed by atoms with Crippen molar-refractivity contribution in [3.63, 3.8) is 0 Å². The highest BCUT2D eigenvalue weighted by molar-refractivity contribution is 5.97. The molecule has 1 atom stereocenters. The number of primary amides is 1. The SMILES string of the molecule is CC(OCc1ccccc1)C(=O)N1CCN(c2ncccc2C(N)=O)CC1. The molecule has 142 valence electrons. The number of carbonyl (C=O) groups is 2. The average Bonchev–Trinajstić information content (AvgIpc) is 2.72. The van der Waals surface area contributed by atoms with Crippen LogP contribution in [0.2, 0.25) is 0 Å². The van der Waals surface area contributed by atoms with E-state index >= 15 is 0 Å². The molecule has 7 heteroatoms. The monoisotopic (exact) mass is 368 g/mol. The molecule has 1 saturated heterocycles. The lowest BCUT2D eigenvalue weighted by atomic mass is 10.2. The average molecular weight is 368 g/mol. The Morgan fingerprint density at radius 1 is 1.11 bits per heavy atom. The van der Waals surface area contributed by atoms with E-state index in [9.17, 15) is 9.59 Å². The summed E-state index contributed by atoms with van der Waals surface area (Å²) >= 11 is 0. The van der Waals surface area contributed by atoms with Crippen molar-refractivity contribution >= 4 is 17.6 Å². The molecule has 1 aliphatic rings. The van der Waals surface area contributed by atoms with Crippen LogP contribution in [0.3, 0.4) is 0 Å². The Labute approximate surface area is 158 Å². The van der Waals surface area contributed by atoms with Crippen molar-refractivity contribution in [2.24, 2.45) is 5.73 Å². The van der Waals surface area contributed by atoms with Gasteiger partial charge in [-0.25, -0.2) is 4.98 Å². The number of aromatic nitrogens is 1. The summed E-state index contributed by atoms with van der Waals surface area (Å²) in [6.45, 7) is 4.47. The molecule has 1 unspecified atom stereocenters. The first-order valence-corrected chi connectivity index (χ1v) is 9.00. The predicted molar refractivity (Wildman–Crippen MR) is 102 cm³/mol. The summed E-state index contributed by atoms with van der Waals surface area (Å²) in [4.78, 5) is 32.3. The number of rotatable bonds is 6. The van der Waals surface area contributed by atoms with Crippen molar-refractivity contribution in [3.8, 4) is 0 Å². The molecule has 2 N–H and O–H groups in total. The van der Waals surface area contributed by atoms with Crippen molar-refractivity contribution in [3.05, 3.63) is 59.8 Å². The minimum Gasteiger partial charge on any atom is -0.365 e. The first-order chi connectivity index (χ1) is 13.1. The minimum absolute atomic E-state index is 0.0262. The summed E-state index contributed by atoms with van der Waals surface area (Å²) in [6, 6.07) is 13.1. The van der Waals surface area contributed by atoms with Crippen molar-refractivity contribution < 1.29 is 14.3 Å². The molecule has 0 bridgehead atoms. The molecule has 0 aliphatic carbocycles. The Bertz CT molecular complexity index is 789. The quantitative estimate of drug-likeness (QED) is 0.833. The lowest BCUT2D eigenvalue weighted by molar-refractivity contribution is -0.143. The predicted octanol–water partition coefficient (Wildman–Crippen LogP) is 1.43. The highest BCUT2D eigenvalue weighted by atomic mass is 16.5. The van der Waals surface area contributed by atoms with Gasteiger partial charge in [0.25, 0.3) is 11.8 Å². The molecule has 0 saturated carbocycles. The van der Waals surface area contributed by atoms with E-state index in [-0.39, 0.29) is 5.91 Å². The number of benzene rings is 1. The third-order valence-corrected chi connectivity index (χ3v) is 4.63. The number of nitrogens with zero attached hydrogens (tertiary/aromatic N) is 3. The van der Waals surface area contributed by atoms with E-state index in [0.29, 0.717) is 44.2 Å². The second-order valence-electron chi connectivity index (χ2n) is 6.49. The molecule has 0 spiro atoms. The maximum atomic E-state index is 12.6. The number of hydrogen-bond donors (Lipinski definition) is 1. The zero-order valence-electron chi connectivity index (χ0n) is 15.4. The summed E-state index contributed by atoms with van der Waals surface area (Å²) in [6.07, 6.45) is 1.13. The van der Waals surface area contributed by atoms with Crippen LogP contribution in [-0.2, 0) is 16.1 Å². The minimum atomic E-state index is -0.507. The number of piperazine rings is 1. The van der Waals surface area contributed by atoms with E-state index in [2.05, 4.69) is 4.98 Å². The van der Waals surface area contributed by atoms with E-state index in [0.717, 1.165) is 5.56 Å². The molecule has 2 aromatic rings. The lowest BCUT2D eigenvalue weighted by Gasteiger charge is -2.36. The fourth-order valence-corrected chi connectivity index (χ4v) is 3.10. The Kier molecular flexibility index (Phi) is 6.03. The highest BCUT2D eigenvalue weighted by Gasteiger charge is 2.27. The molecule has 3 rings (SSSR count). The molecule has 0 radical (unpaired) electrons. The van der Waals surface area contributed by atoms with Crippen molar-refractivity contribution in [1.29, 1.82) is 0 Å². The van der Waals surface area contributed by atoms with E-state index in [4.69, 9.17) is 10.5 Å². The van der Waals surface area contributed by atoms with Crippen LogP contribution in [0.25, 0.3) is 0 Å². The van der Waals surface area contributed by atoms with Gasteiger partial charge in [0.15, 0.2) is 0 Å². The van der Waals surface area contributed by atoms with Crippen LogP contribution in [0.1, 0.15) is 22.8 Å². The van der Waals surface area contributed by atoms with Crippen LogP contribution in [0.4, 0.5) is 5.82 Å². The Morgan fingerprint density at radius 3 is 2.48 bits per heavy atom. The molecule has 1 aromatic heterocycles. The van der Waals surface area contributed by atoms with Crippen LogP contribution in [0, 0.1) is 0 Å². The molecule has 7 nitrogen and oxygen atoms in total. The number of ether oxygens (including phenoxy) is 1. The third-order valence-electron chi connectivity index (χ3n) is 4.63. The van der Waals surface area contributed by atoms with Crippen molar-refractivity contribution in [2.75, 3.05) is 31.1 Å². The fraction of sp³-hybridized carbons (Fsp3) is 0.350. The summed E-state index contributed by atoms with van der Waals surface area (Å²) in [5.74, 6) is 0.0479. The van der Waals surface area contributed by atoms with Gasteiger partial charge in [-0.15, -0.1) is 0 Å². The van der Waals surface area contributed by atoms with Crippen molar-refractivity contribution in [1.82, 2.24) is 9.88 Å². The number of anilines is 1. The largest absolute Gasteiger partial charge is 0.365 e. The Morgan fingerprint density at radius 2 is 1.81 bits per heavy atom. The van der Waals surface area contributed by atoms with Crippen LogP contribution >= 0.6 is 0 Å². The van der Waals surface area contributed by atoms with Gasteiger partial charge in [-0.3, -0.25) is 9.59 Å². The van der Waals surface area contributed by atoms with E-state index in [1.165, 1.54) is 0 Å². The number of amides is 2. The van der Waals surface area contributed by atoms with Crippen LogP contribution in [0.5, 0.6) is 0 Å². The molecule has 27 heavy (non-hydrogen) atoms. The van der Waals surface area contributed by atoms with Gasteiger partial charge in [-0.2, -0.15) is 0 Å². The highest BCUT2D eigenvalue weighted by Crippen LogP contribution is 2.19. The van der Waals surface area contributed by atoms with Gasteiger partial charge in [0.05, 0.1) is 12.2 Å². The summed E-state index contributed by atoms with van der Waals surface area (Å²) < 4.78 is 5.73. The number of carbonyl (C=O) groups excluding carboxylic acids is 2. The fourth-order valence-electron chi connectivity index (χ4n) is 3.10.